The Balaban J connectivity index is 2.40. The second kappa shape index (κ2) is 9.01. The van der Waals surface area contributed by atoms with Crippen LogP contribution in [0.3, 0.4) is 0 Å². The molecule has 2 atom stereocenters. The number of piperazine rings is 1. The Morgan fingerprint density at radius 2 is 1.23 bits per heavy atom. The van der Waals surface area contributed by atoms with E-state index in [1.165, 1.54) is 0 Å². The molecular formula is C14H22N2O6. The van der Waals surface area contributed by atoms with Gasteiger partial charge in [-0.05, 0) is 26.7 Å². The molecule has 2 amide bonds. The summed E-state index contributed by atoms with van der Waals surface area (Å²) in [6, 6.07) is -1.51. The first-order valence-electron chi connectivity index (χ1n) is 7.39. The number of carbonyl (C=O) groups excluding carboxylic acids is 4. The van der Waals surface area contributed by atoms with E-state index in [1.807, 2.05) is 0 Å². The Morgan fingerprint density at radius 1 is 0.864 bits per heavy atom. The maximum Gasteiger partial charge on any atom is 0.305 e. The summed E-state index contributed by atoms with van der Waals surface area (Å²) in [6.07, 6.45) is 0.474. The minimum absolute atomic E-state index is 0.0553. The molecule has 8 nitrogen and oxygen atoms in total. The zero-order chi connectivity index (χ0) is 16.5. The molecule has 1 aliphatic heterocycles. The Hall–Kier alpha value is -2.12. The summed E-state index contributed by atoms with van der Waals surface area (Å²) in [4.78, 5) is 46.3. The molecule has 0 aromatic heterocycles. The third-order valence-corrected chi connectivity index (χ3v) is 3.15. The number of esters is 2. The summed E-state index contributed by atoms with van der Waals surface area (Å²) < 4.78 is 9.54. The Morgan fingerprint density at radius 3 is 1.55 bits per heavy atom. The average molecular weight is 314 g/mol. The van der Waals surface area contributed by atoms with Crippen molar-refractivity contribution < 1.29 is 28.7 Å². The number of hydrogen-bond donors (Lipinski definition) is 2. The molecule has 0 aromatic rings. The fourth-order valence-corrected chi connectivity index (χ4v) is 2.07. The number of ether oxygens (including phenoxy) is 2. The lowest BCUT2D eigenvalue weighted by Crippen LogP contribution is -2.61. The van der Waals surface area contributed by atoms with E-state index in [1.54, 1.807) is 13.8 Å². The first-order chi connectivity index (χ1) is 10.5. The van der Waals surface area contributed by atoms with Crippen molar-refractivity contribution in [1.29, 1.82) is 0 Å². The van der Waals surface area contributed by atoms with Gasteiger partial charge in [0.1, 0.15) is 12.1 Å². The van der Waals surface area contributed by atoms with Crippen LogP contribution in [0.1, 0.15) is 39.5 Å². The van der Waals surface area contributed by atoms with Gasteiger partial charge in [-0.1, -0.05) is 0 Å². The lowest BCUT2D eigenvalue weighted by molar-refractivity contribution is -0.146. The van der Waals surface area contributed by atoms with Gasteiger partial charge in [0.2, 0.25) is 11.8 Å². The fraction of sp³-hybridized carbons (Fsp3) is 0.714. The van der Waals surface area contributed by atoms with Gasteiger partial charge in [-0.25, -0.2) is 0 Å². The number of carbonyl (C=O) groups is 4. The predicted octanol–water partition coefficient (Wildman–Crippen LogP) is -0.344. The van der Waals surface area contributed by atoms with Crippen LogP contribution in [0.2, 0.25) is 0 Å². The molecule has 0 aromatic carbocycles. The summed E-state index contributed by atoms with van der Waals surface area (Å²) in [5.74, 6) is -1.54. The largest absolute Gasteiger partial charge is 0.466 e. The average Bonchev–Trinajstić information content (AvgIpc) is 2.47. The molecule has 124 valence electrons. The Bertz CT molecular complexity index is 397. The molecule has 0 aliphatic carbocycles. The summed E-state index contributed by atoms with van der Waals surface area (Å²) in [6.45, 7) is 3.94. The highest BCUT2D eigenvalue weighted by atomic mass is 16.5. The number of rotatable bonds is 8. The van der Waals surface area contributed by atoms with E-state index < -0.39 is 24.0 Å². The van der Waals surface area contributed by atoms with Gasteiger partial charge in [0.15, 0.2) is 0 Å². The van der Waals surface area contributed by atoms with Crippen molar-refractivity contribution in [2.75, 3.05) is 13.2 Å². The second-order valence-electron chi connectivity index (χ2n) is 4.81. The van der Waals surface area contributed by atoms with Gasteiger partial charge >= 0.3 is 11.9 Å². The first-order valence-corrected chi connectivity index (χ1v) is 7.39. The molecular weight excluding hydrogens is 292 g/mol. The van der Waals surface area contributed by atoms with Crippen molar-refractivity contribution in [3.05, 3.63) is 0 Å². The van der Waals surface area contributed by atoms with Crippen LogP contribution in [-0.4, -0.2) is 49.1 Å². The molecule has 0 saturated carbocycles. The first kappa shape index (κ1) is 17.9. The van der Waals surface area contributed by atoms with E-state index in [2.05, 4.69) is 10.6 Å². The predicted molar refractivity (Wildman–Crippen MR) is 75.6 cm³/mol. The number of hydrogen-bond acceptors (Lipinski definition) is 6. The third-order valence-electron chi connectivity index (χ3n) is 3.15. The van der Waals surface area contributed by atoms with E-state index in [0.717, 1.165) is 0 Å². The zero-order valence-corrected chi connectivity index (χ0v) is 12.8. The number of nitrogens with one attached hydrogen (secondary N) is 2. The maximum atomic E-state index is 11.9. The third kappa shape index (κ3) is 5.71. The van der Waals surface area contributed by atoms with Crippen molar-refractivity contribution in [3.63, 3.8) is 0 Å². The molecule has 2 N–H and O–H groups in total. The van der Waals surface area contributed by atoms with E-state index in [4.69, 9.17) is 9.47 Å². The lowest BCUT2D eigenvalue weighted by Gasteiger charge is -2.29. The van der Waals surface area contributed by atoms with Crippen LogP contribution in [0.4, 0.5) is 0 Å². The molecule has 0 bridgehead atoms. The van der Waals surface area contributed by atoms with Gasteiger partial charge in [-0.15, -0.1) is 0 Å². The van der Waals surface area contributed by atoms with Crippen molar-refractivity contribution >= 4 is 23.8 Å². The summed E-state index contributed by atoms with van der Waals surface area (Å²) in [5.41, 5.74) is 0. The van der Waals surface area contributed by atoms with Crippen LogP contribution in [0.25, 0.3) is 0 Å². The van der Waals surface area contributed by atoms with Crippen LogP contribution in [0.5, 0.6) is 0 Å². The molecule has 1 aliphatic rings. The SMILES string of the molecule is CCOC(=O)CC[C@@H]1NC(=O)[C@H](CCC(=O)OCC)NC1=O. The van der Waals surface area contributed by atoms with Crippen LogP contribution >= 0.6 is 0 Å². The smallest absolute Gasteiger partial charge is 0.305 e. The lowest BCUT2D eigenvalue weighted by atomic mass is 10.0. The molecule has 22 heavy (non-hydrogen) atoms. The minimum Gasteiger partial charge on any atom is -0.466 e. The quantitative estimate of drug-likeness (QED) is 0.593. The van der Waals surface area contributed by atoms with Crippen molar-refractivity contribution in [1.82, 2.24) is 10.6 Å². The summed E-state index contributed by atoms with van der Waals surface area (Å²) in [5, 5.41) is 5.12. The molecule has 0 spiro atoms. The van der Waals surface area contributed by atoms with Gasteiger partial charge in [-0.3, -0.25) is 19.2 Å². The van der Waals surface area contributed by atoms with Gasteiger partial charge in [0.05, 0.1) is 13.2 Å². The standard InChI is InChI=1S/C14H22N2O6/c1-3-21-11(17)7-5-9-13(19)16-10(14(20)15-9)6-8-12(18)22-4-2/h9-10H,3-8H2,1-2H3,(H,15,20)(H,16,19)/t9-,10-/m0/s1. The zero-order valence-electron chi connectivity index (χ0n) is 12.8. The van der Waals surface area contributed by atoms with Crippen LogP contribution < -0.4 is 10.6 Å². The normalized spacial score (nSPS) is 20.8. The second-order valence-corrected chi connectivity index (χ2v) is 4.81. The molecule has 0 unspecified atom stereocenters. The van der Waals surface area contributed by atoms with E-state index in [0.29, 0.717) is 0 Å². The maximum absolute atomic E-state index is 11.9. The van der Waals surface area contributed by atoms with E-state index in [9.17, 15) is 19.2 Å². The van der Waals surface area contributed by atoms with Crippen molar-refractivity contribution in [3.8, 4) is 0 Å². The Kier molecular flexibility index (Phi) is 7.34. The van der Waals surface area contributed by atoms with Crippen molar-refractivity contribution in [2.24, 2.45) is 0 Å². The van der Waals surface area contributed by atoms with Gasteiger partial charge in [0, 0.05) is 12.8 Å². The fourth-order valence-electron chi connectivity index (χ4n) is 2.07. The number of amides is 2. The highest BCUT2D eigenvalue weighted by molar-refractivity contribution is 5.97. The van der Waals surface area contributed by atoms with Crippen LogP contribution in [0, 0.1) is 0 Å². The van der Waals surface area contributed by atoms with Crippen LogP contribution in [-0.2, 0) is 28.7 Å². The molecule has 0 radical (unpaired) electrons. The topological polar surface area (TPSA) is 111 Å². The van der Waals surface area contributed by atoms with E-state index in [-0.39, 0.29) is 50.7 Å². The van der Waals surface area contributed by atoms with Crippen molar-refractivity contribution in [2.45, 2.75) is 51.6 Å². The molecule has 8 heteroatoms. The van der Waals surface area contributed by atoms with Gasteiger partial charge < -0.3 is 20.1 Å². The molecule has 1 heterocycles. The highest BCUT2D eigenvalue weighted by Crippen LogP contribution is 2.09. The highest BCUT2D eigenvalue weighted by Gasteiger charge is 2.33. The van der Waals surface area contributed by atoms with Gasteiger partial charge in [-0.2, -0.15) is 0 Å². The minimum atomic E-state index is -0.754. The van der Waals surface area contributed by atoms with Gasteiger partial charge in [0.25, 0.3) is 0 Å². The summed E-state index contributed by atoms with van der Waals surface area (Å²) >= 11 is 0. The molecule has 1 saturated heterocycles. The molecule has 1 rings (SSSR count). The Labute approximate surface area is 128 Å². The molecule has 1 fully saturated rings. The monoisotopic (exact) mass is 314 g/mol. The van der Waals surface area contributed by atoms with E-state index >= 15 is 0 Å². The van der Waals surface area contributed by atoms with Crippen LogP contribution in [0.15, 0.2) is 0 Å². The summed E-state index contributed by atoms with van der Waals surface area (Å²) in [7, 11) is 0.